The van der Waals surface area contributed by atoms with Crippen LogP contribution in [0, 0.1) is 0 Å². The van der Waals surface area contributed by atoms with Gasteiger partial charge in [0.25, 0.3) is 0 Å². The number of aromatic nitrogens is 2. The zero-order chi connectivity index (χ0) is 17.4. The zero-order valence-corrected chi connectivity index (χ0v) is 14.5. The standard InChI is InChI=1S/C19H13ClN2O2S/c20-15-6-7-18-14(8-15)9-19(13-4-2-1-3-5-13)22(18)25(24)17-10-16(23)11-21-12-17/h1-12,23H. The minimum Gasteiger partial charge on any atom is -0.506 e. The quantitative estimate of drug-likeness (QED) is 0.573. The Morgan fingerprint density at radius 1 is 1.00 bits per heavy atom. The van der Waals surface area contributed by atoms with Crippen LogP contribution in [0.25, 0.3) is 22.2 Å². The number of rotatable bonds is 3. The van der Waals surface area contributed by atoms with Crippen LogP contribution in [0.5, 0.6) is 5.75 Å². The van der Waals surface area contributed by atoms with E-state index in [2.05, 4.69) is 4.98 Å². The molecule has 0 spiro atoms. The molecule has 0 bridgehead atoms. The van der Waals surface area contributed by atoms with Gasteiger partial charge < -0.3 is 5.11 Å². The van der Waals surface area contributed by atoms with Crippen LogP contribution in [-0.2, 0) is 11.0 Å². The van der Waals surface area contributed by atoms with Crippen LogP contribution >= 0.6 is 11.6 Å². The lowest BCUT2D eigenvalue weighted by atomic mass is 10.1. The van der Waals surface area contributed by atoms with Gasteiger partial charge in [-0.05, 0) is 29.8 Å². The van der Waals surface area contributed by atoms with E-state index in [1.165, 1.54) is 18.5 Å². The molecule has 4 aromatic rings. The van der Waals surface area contributed by atoms with Gasteiger partial charge in [0.05, 0.1) is 22.3 Å². The van der Waals surface area contributed by atoms with E-state index in [4.69, 9.17) is 11.6 Å². The van der Waals surface area contributed by atoms with Gasteiger partial charge in [0.15, 0.2) is 11.0 Å². The number of aromatic hydroxyl groups is 1. The summed E-state index contributed by atoms with van der Waals surface area (Å²) in [6.07, 6.45) is 2.80. The van der Waals surface area contributed by atoms with Crippen LogP contribution < -0.4 is 0 Å². The third kappa shape index (κ3) is 2.92. The molecule has 25 heavy (non-hydrogen) atoms. The molecule has 0 radical (unpaired) electrons. The summed E-state index contributed by atoms with van der Waals surface area (Å²) in [7, 11) is -1.57. The molecule has 0 amide bonds. The van der Waals surface area contributed by atoms with E-state index in [0.717, 1.165) is 22.2 Å². The molecular formula is C19H13ClN2O2S. The topological polar surface area (TPSA) is 55.1 Å². The Labute approximate surface area is 151 Å². The molecule has 1 N–H and O–H groups in total. The lowest BCUT2D eigenvalue weighted by Crippen LogP contribution is -2.06. The highest BCUT2D eigenvalue weighted by molar-refractivity contribution is 7.83. The molecular weight excluding hydrogens is 356 g/mol. The van der Waals surface area contributed by atoms with Gasteiger partial charge in [-0.3, -0.25) is 8.96 Å². The van der Waals surface area contributed by atoms with Gasteiger partial charge in [-0.2, -0.15) is 0 Å². The Kier molecular flexibility index (Phi) is 4.03. The maximum absolute atomic E-state index is 13.2. The summed E-state index contributed by atoms with van der Waals surface area (Å²) in [6.45, 7) is 0. The van der Waals surface area contributed by atoms with E-state index in [9.17, 15) is 9.32 Å². The summed E-state index contributed by atoms with van der Waals surface area (Å²) < 4.78 is 15.0. The SMILES string of the molecule is O=S(c1cncc(O)c1)n1c(-c2ccccc2)cc2cc(Cl)ccc21. The molecule has 0 aliphatic rings. The van der Waals surface area contributed by atoms with Crippen LogP contribution in [-0.4, -0.2) is 18.3 Å². The lowest BCUT2D eigenvalue weighted by Gasteiger charge is -2.10. The van der Waals surface area contributed by atoms with Gasteiger partial charge in [-0.1, -0.05) is 41.9 Å². The normalized spacial score (nSPS) is 12.4. The number of hydrogen-bond acceptors (Lipinski definition) is 3. The molecule has 0 saturated heterocycles. The molecule has 1 unspecified atom stereocenters. The molecule has 4 nitrogen and oxygen atoms in total. The van der Waals surface area contributed by atoms with Crippen LogP contribution in [0.1, 0.15) is 0 Å². The highest BCUT2D eigenvalue weighted by Gasteiger charge is 2.18. The molecule has 0 saturated carbocycles. The third-order valence-corrected chi connectivity index (χ3v) is 5.44. The van der Waals surface area contributed by atoms with Crippen molar-refractivity contribution in [1.29, 1.82) is 0 Å². The Morgan fingerprint density at radius 2 is 1.80 bits per heavy atom. The maximum atomic E-state index is 13.2. The molecule has 2 heterocycles. The highest BCUT2D eigenvalue weighted by atomic mass is 35.5. The van der Waals surface area contributed by atoms with Crippen molar-refractivity contribution in [1.82, 2.24) is 8.96 Å². The van der Waals surface area contributed by atoms with E-state index >= 15 is 0 Å². The number of pyridine rings is 1. The van der Waals surface area contributed by atoms with Crippen LogP contribution in [0.3, 0.4) is 0 Å². The van der Waals surface area contributed by atoms with Crippen LogP contribution in [0.4, 0.5) is 0 Å². The van der Waals surface area contributed by atoms with E-state index in [-0.39, 0.29) is 5.75 Å². The average Bonchev–Trinajstić information content (AvgIpc) is 3.00. The van der Waals surface area contributed by atoms with Crippen molar-refractivity contribution >= 4 is 33.5 Å². The predicted octanol–water partition coefficient (Wildman–Crippen LogP) is 4.63. The summed E-state index contributed by atoms with van der Waals surface area (Å²) in [5, 5.41) is 11.2. The number of nitrogens with zero attached hydrogens (tertiary/aromatic N) is 2. The van der Waals surface area contributed by atoms with Crippen LogP contribution in [0.15, 0.2) is 78.0 Å². The summed E-state index contributed by atoms with van der Waals surface area (Å²) in [4.78, 5) is 4.36. The third-order valence-electron chi connectivity index (χ3n) is 3.86. The second-order valence-corrected chi connectivity index (χ2v) is 7.29. The minimum atomic E-state index is -1.57. The average molecular weight is 369 g/mol. The summed E-state index contributed by atoms with van der Waals surface area (Å²) in [5.74, 6) is -0.0217. The number of fused-ring (bicyclic) bond motifs is 1. The lowest BCUT2D eigenvalue weighted by molar-refractivity contribution is 0.470. The minimum absolute atomic E-state index is 0.0217. The maximum Gasteiger partial charge on any atom is 0.159 e. The van der Waals surface area contributed by atoms with Crippen molar-refractivity contribution in [3.8, 4) is 17.0 Å². The Hall–Kier alpha value is -2.63. The van der Waals surface area contributed by atoms with Gasteiger partial charge >= 0.3 is 0 Å². The van der Waals surface area contributed by atoms with E-state index in [1.807, 2.05) is 48.5 Å². The second-order valence-electron chi connectivity index (χ2n) is 5.52. The molecule has 1 atom stereocenters. The molecule has 6 heteroatoms. The van der Waals surface area contributed by atoms with E-state index < -0.39 is 11.0 Å². The summed E-state index contributed by atoms with van der Waals surface area (Å²) >= 11 is 6.12. The summed E-state index contributed by atoms with van der Waals surface area (Å²) in [6, 6.07) is 18.6. The first-order valence-corrected chi connectivity index (χ1v) is 9.05. The largest absolute Gasteiger partial charge is 0.506 e. The first-order chi connectivity index (χ1) is 12.1. The van der Waals surface area contributed by atoms with Gasteiger partial charge in [-0.25, -0.2) is 4.21 Å². The highest BCUT2D eigenvalue weighted by Crippen LogP contribution is 2.32. The molecule has 0 fully saturated rings. The molecule has 124 valence electrons. The van der Waals surface area contributed by atoms with Gasteiger partial charge in [0, 0.05) is 22.7 Å². The molecule has 2 aromatic heterocycles. The molecule has 0 aliphatic carbocycles. The number of hydrogen-bond donors (Lipinski definition) is 1. The molecule has 2 aromatic carbocycles. The fourth-order valence-corrected chi connectivity index (χ4v) is 4.20. The smallest absolute Gasteiger partial charge is 0.159 e. The van der Waals surface area contributed by atoms with E-state index in [0.29, 0.717) is 9.92 Å². The fourth-order valence-electron chi connectivity index (χ4n) is 2.76. The van der Waals surface area contributed by atoms with Crippen molar-refractivity contribution in [3.63, 3.8) is 0 Å². The Balaban J connectivity index is 1.99. The van der Waals surface area contributed by atoms with E-state index in [1.54, 1.807) is 10.0 Å². The van der Waals surface area contributed by atoms with Crippen molar-refractivity contribution in [2.24, 2.45) is 0 Å². The van der Waals surface area contributed by atoms with Gasteiger partial charge in [-0.15, -0.1) is 0 Å². The van der Waals surface area contributed by atoms with Crippen LogP contribution in [0.2, 0.25) is 5.02 Å². The van der Waals surface area contributed by atoms with Crippen molar-refractivity contribution in [2.75, 3.05) is 0 Å². The van der Waals surface area contributed by atoms with Crippen molar-refractivity contribution < 1.29 is 9.32 Å². The number of halogens is 1. The fraction of sp³-hybridized carbons (Fsp3) is 0. The summed E-state index contributed by atoms with van der Waals surface area (Å²) in [5.41, 5.74) is 2.54. The predicted molar refractivity (Wildman–Crippen MR) is 100 cm³/mol. The first-order valence-electron chi connectivity index (χ1n) is 7.56. The zero-order valence-electron chi connectivity index (χ0n) is 13.0. The monoisotopic (exact) mass is 368 g/mol. The van der Waals surface area contributed by atoms with Crippen molar-refractivity contribution in [3.05, 3.63) is 78.1 Å². The Bertz CT molecular complexity index is 1090. The van der Waals surface area contributed by atoms with Gasteiger partial charge in [0.1, 0.15) is 5.75 Å². The molecule has 4 rings (SSSR count). The van der Waals surface area contributed by atoms with Crippen molar-refractivity contribution in [2.45, 2.75) is 4.90 Å². The molecule has 0 aliphatic heterocycles. The van der Waals surface area contributed by atoms with Gasteiger partial charge in [0.2, 0.25) is 0 Å². The second kappa shape index (κ2) is 6.35. The first kappa shape index (κ1) is 15.9. The Morgan fingerprint density at radius 3 is 2.56 bits per heavy atom. The number of benzene rings is 2.